The largest absolute Gasteiger partial charge is 0.394 e. The monoisotopic (exact) mass is 266 g/mol. The van der Waals surface area contributed by atoms with Crippen LogP contribution in [0, 0.1) is 11.8 Å². The van der Waals surface area contributed by atoms with Gasteiger partial charge in [0, 0.05) is 32.2 Å². The molecule has 2 unspecified atom stereocenters. The van der Waals surface area contributed by atoms with Crippen molar-refractivity contribution in [2.24, 2.45) is 11.8 Å². The van der Waals surface area contributed by atoms with E-state index in [2.05, 4.69) is 19.2 Å². The molecule has 1 aliphatic heterocycles. The normalized spacial score (nSPS) is 25.2. The average Bonchev–Trinajstić information content (AvgIpc) is 2.50. The van der Waals surface area contributed by atoms with Gasteiger partial charge >= 0.3 is 6.18 Å². The minimum absolute atomic E-state index is 0.0525. The van der Waals surface area contributed by atoms with Crippen LogP contribution in [-0.2, 0) is 0 Å². The van der Waals surface area contributed by atoms with Crippen molar-refractivity contribution in [2.45, 2.75) is 45.8 Å². The fraction of sp³-hybridized carbons (Fsp3) is 1.00. The predicted molar refractivity (Wildman–Crippen MR) is 67.5 cm³/mol. The molecular formula is C13H25F3N2. The maximum atomic E-state index is 12.8. The molecule has 0 aromatic carbocycles. The summed E-state index contributed by atoms with van der Waals surface area (Å²) in [5.74, 6) is -0.627. The van der Waals surface area contributed by atoms with Gasteiger partial charge < -0.3 is 5.32 Å². The van der Waals surface area contributed by atoms with E-state index in [0.29, 0.717) is 19.0 Å². The second-order valence-electron chi connectivity index (χ2n) is 5.76. The lowest BCUT2D eigenvalue weighted by atomic mass is 10.0. The molecule has 0 radical (unpaired) electrons. The fourth-order valence-corrected chi connectivity index (χ4v) is 2.31. The smallest absolute Gasteiger partial charge is 0.315 e. The molecule has 0 aromatic heterocycles. The molecular weight excluding hydrogens is 241 g/mol. The van der Waals surface area contributed by atoms with Crippen LogP contribution >= 0.6 is 0 Å². The molecule has 0 saturated carbocycles. The van der Waals surface area contributed by atoms with Crippen molar-refractivity contribution in [3.63, 3.8) is 0 Å². The summed E-state index contributed by atoms with van der Waals surface area (Å²) in [6.45, 7) is 7.89. The lowest BCUT2D eigenvalue weighted by Gasteiger charge is -2.31. The quantitative estimate of drug-likeness (QED) is 0.841. The SMILES string of the molecule is CC(C)CCC(C)N1CCNCC(C(F)(F)F)C1. The van der Waals surface area contributed by atoms with Gasteiger partial charge in [0.2, 0.25) is 0 Å². The summed E-state index contributed by atoms with van der Waals surface area (Å²) in [5.41, 5.74) is 0. The van der Waals surface area contributed by atoms with Gasteiger partial charge in [-0.05, 0) is 25.7 Å². The van der Waals surface area contributed by atoms with Crippen LogP contribution in [0.5, 0.6) is 0 Å². The van der Waals surface area contributed by atoms with Gasteiger partial charge in [-0.2, -0.15) is 13.2 Å². The molecule has 0 bridgehead atoms. The first-order valence-electron chi connectivity index (χ1n) is 6.82. The van der Waals surface area contributed by atoms with E-state index in [-0.39, 0.29) is 19.1 Å². The zero-order chi connectivity index (χ0) is 13.8. The van der Waals surface area contributed by atoms with E-state index in [1.165, 1.54) is 0 Å². The maximum Gasteiger partial charge on any atom is 0.394 e. The van der Waals surface area contributed by atoms with Crippen molar-refractivity contribution in [3.05, 3.63) is 0 Å². The Bertz CT molecular complexity index is 241. The highest BCUT2D eigenvalue weighted by Crippen LogP contribution is 2.28. The third-order valence-electron chi connectivity index (χ3n) is 3.67. The summed E-state index contributed by atoms with van der Waals surface area (Å²) in [6.07, 6.45) is -2.04. The van der Waals surface area contributed by atoms with E-state index in [1.807, 2.05) is 11.8 Å². The Morgan fingerprint density at radius 2 is 1.89 bits per heavy atom. The van der Waals surface area contributed by atoms with E-state index in [4.69, 9.17) is 0 Å². The first kappa shape index (κ1) is 15.8. The Morgan fingerprint density at radius 3 is 2.44 bits per heavy atom. The molecule has 1 N–H and O–H groups in total. The molecule has 0 aromatic rings. The number of hydrogen-bond acceptors (Lipinski definition) is 2. The van der Waals surface area contributed by atoms with Gasteiger partial charge in [0.25, 0.3) is 0 Å². The number of hydrogen-bond donors (Lipinski definition) is 1. The molecule has 2 atom stereocenters. The van der Waals surface area contributed by atoms with Crippen LogP contribution in [0.4, 0.5) is 13.2 Å². The lowest BCUT2D eigenvalue weighted by molar-refractivity contribution is -0.176. The topological polar surface area (TPSA) is 15.3 Å². The van der Waals surface area contributed by atoms with Crippen molar-refractivity contribution < 1.29 is 13.2 Å². The number of halogens is 3. The lowest BCUT2D eigenvalue weighted by Crippen LogP contribution is -2.41. The second kappa shape index (κ2) is 6.75. The molecule has 0 amide bonds. The van der Waals surface area contributed by atoms with Crippen molar-refractivity contribution in [1.29, 1.82) is 0 Å². The fourth-order valence-electron chi connectivity index (χ4n) is 2.31. The summed E-state index contributed by atoms with van der Waals surface area (Å²) < 4.78 is 38.4. The maximum absolute atomic E-state index is 12.8. The molecule has 1 saturated heterocycles. The van der Waals surface area contributed by atoms with Crippen molar-refractivity contribution in [3.8, 4) is 0 Å². The Labute approximate surface area is 108 Å². The molecule has 2 nitrogen and oxygen atoms in total. The minimum Gasteiger partial charge on any atom is -0.315 e. The zero-order valence-corrected chi connectivity index (χ0v) is 11.6. The Morgan fingerprint density at radius 1 is 1.22 bits per heavy atom. The van der Waals surface area contributed by atoms with Crippen molar-refractivity contribution in [1.82, 2.24) is 10.2 Å². The van der Waals surface area contributed by atoms with Crippen LogP contribution < -0.4 is 5.32 Å². The predicted octanol–water partition coefficient (Wildman–Crippen LogP) is 2.89. The van der Waals surface area contributed by atoms with Gasteiger partial charge in [0.15, 0.2) is 0 Å². The summed E-state index contributed by atoms with van der Waals surface area (Å²) in [6, 6.07) is 0.233. The van der Waals surface area contributed by atoms with Crippen LogP contribution in [0.25, 0.3) is 0 Å². The van der Waals surface area contributed by atoms with Gasteiger partial charge in [-0.15, -0.1) is 0 Å². The molecule has 0 aliphatic carbocycles. The molecule has 5 heteroatoms. The number of rotatable bonds is 4. The molecule has 1 heterocycles. The van der Waals surface area contributed by atoms with Crippen molar-refractivity contribution >= 4 is 0 Å². The van der Waals surface area contributed by atoms with E-state index in [1.54, 1.807) is 0 Å². The zero-order valence-electron chi connectivity index (χ0n) is 11.6. The van der Waals surface area contributed by atoms with E-state index in [9.17, 15) is 13.2 Å². The summed E-state index contributed by atoms with van der Waals surface area (Å²) >= 11 is 0. The second-order valence-corrected chi connectivity index (χ2v) is 5.76. The van der Waals surface area contributed by atoms with Crippen molar-refractivity contribution in [2.75, 3.05) is 26.2 Å². The minimum atomic E-state index is -4.09. The third-order valence-corrected chi connectivity index (χ3v) is 3.67. The molecule has 0 spiro atoms. The van der Waals surface area contributed by atoms with E-state index in [0.717, 1.165) is 12.8 Å². The Balaban J connectivity index is 2.53. The Kier molecular flexibility index (Phi) is 5.92. The van der Waals surface area contributed by atoms with E-state index >= 15 is 0 Å². The number of nitrogens with one attached hydrogen (secondary N) is 1. The summed E-state index contributed by atoms with van der Waals surface area (Å²) in [4.78, 5) is 1.99. The summed E-state index contributed by atoms with van der Waals surface area (Å²) in [7, 11) is 0. The molecule has 1 rings (SSSR count). The van der Waals surface area contributed by atoms with Gasteiger partial charge in [-0.25, -0.2) is 0 Å². The molecule has 18 heavy (non-hydrogen) atoms. The molecule has 1 aliphatic rings. The highest BCUT2D eigenvalue weighted by atomic mass is 19.4. The third kappa shape index (κ3) is 5.14. The average molecular weight is 266 g/mol. The number of alkyl halides is 3. The first-order chi connectivity index (χ1) is 8.30. The van der Waals surface area contributed by atoms with Crippen LogP contribution in [-0.4, -0.2) is 43.3 Å². The van der Waals surface area contributed by atoms with Crippen LogP contribution in [0.1, 0.15) is 33.6 Å². The van der Waals surface area contributed by atoms with Crippen LogP contribution in [0.3, 0.4) is 0 Å². The van der Waals surface area contributed by atoms with E-state index < -0.39 is 12.1 Å². The highest BCUT2D eigenvalue weighted by molar-refractivity contribution is 4.81. The molecule has 108 valence electrons. The van der Waals surface area contributed by atoms with Crippen LogP contribution in [0.15, 0.2) is 0 Å². The number of nitrogens with zero attached hydrogens (tertiary/aromatic N) is 1. The van der Waals surface area contributed by atoms with Gasteiger partial charge in [0.1, 0.15) is 0 Å². The Hall–Kier alpha value is -0.290. The summed E-state index contributed by atoms with van der Waals surface area (Å²) in [5, 5.41) is 2.89. The highest BCUT2D eigenvalue weighted by Gasteiger charge is 2.41. The molecule has 1 fully saturated rings. The van der Waals surface area contributed by atoms with Gasteiger partial charge in [-0.3, -0.25) is 4.90 Å². The van der Waals surface area contributed by atoms with Crippen LogP contribution in [0.2, 0.25) is 0 Å². The first-order valence-corrected chi connectivity index (χ1v) is 6.82. The van der Waals surface area contributed by atoms with Gasteiger partial charge in [0.05, 0.1) is 5.92 Å². The van der Waals surface area contributed by atoms with Gasteiger partial charge in [-0.1, -0.05) is 13.8 Å². The standard InChI is InChI=1S/C13H25F3N2/c1-10(2)4-5-11(3)18-7-6-17-8-12(9-18)13(14,15)16/h10-12,17H,4-9H2,1-3H3.